The monoisotopic (exact) mass is 565 g/mol. The zero-order valence-electron chi connectivity index (χ0n) is 20.9. The minimum absolute atomic E-state index is 0.00747. The topological polar surface area (TPSA) is 88.2 Å². The summed E-state index contributed by atoms with van der Waals surface area (Å²) in [4.78, 5) is 42.4. The van der Waals surface area contributed by atoms with Crippen LogP contribution in [0.5, 0.6) is 5.75 Å². The number of nitrogens with zero attached hydrogens (tertiary/aromatic N) is 2. The van der Waals surface area contributed by atoms with Gasteiger partial charge in [0.25, 0.3) is 11.8 Å². The fourth-order valence-electron chi connectivity index (χ4n) is 4.43. The summed E-state index contributed by atoms with van der Waals surface area (Å²) in [5.41, 5.74) is 3.36. The fourth-order valence-corrected chi connectivity index (χ4v) is 5.00. The molecule has 9 heteroatoms. The molecule has 0 aliphatic carbocycles. The van der Waals surface area contributed by atoms with Gasteiger partial charge in [-0.15, -0.1) is 0 Å². The molecule has 37 heavy (non-hydrogen) atoms. The summed E-state index contributed by atoms with van der Waals surface area (Å²) in [6, 6.07) is 17.8. The zero-order chi connectivity index (χ0) is 26.5. The molecule has 0 radical (unpaired) electrons. The van der Waals surface area contributed by atoms with E-state index in [4.69, 9.17) is 9.47 Å². The molecule has 1 N–H and O–H groups in total. The Morgan fingerprint density at radius 3 is 2.24 bits per heavy atom. The SMILES string of the molecule is COC(=O)c1ccc(N2CCN(C(=O)c3ccccc3)CC2)c(NC(=O)c2cc(Br)cc(C)c2OC)c1. The third kappa shape index (κ3) is 5.77. The maximum absolute atomic E-state index is 13.4. The Balaban J connectivity index is 1.59. The number of ether oxygens (including phenoxy) is 2. The van der Waals surface area contributed by atoms with Gasteiger partial charge in [0.05, 0.1) is 36.7 Å². The lowest BCUT2D eigenvalue weighted by Crippen LogP contribution is -2.49. The molecule has 0 bridgehead atoms. The molecule has 3 aromatic rings. The second kappa shape index (κ2) is 11.5. The number of anilines is 2. The molecule has 0 atom stereocenters. The quantitative estimate of drug-likeness (QED) is 0.433. The van der Waals surface area contributed by atoms with Crippen molar-refractivity contribution in [3.8, 4) is 5.75 Å². The molecule has 0 aromatic heterocycles. The first-order valence-corrected chi connectivity index (χ1v) is 12.6. The van der Waals surface area contributed by atoms with Crippen molar-refractivity contribution >= 4 is 45.1 Å². The summed E-state index contributed by atoms with van der Waals surface area (Å²) >= 11 is 3.44. The Morgan fingerprint density at radius 2 is 1.59 bits per heavy atom. The van der Waals surface area contributed by atoms with Gasteiger partial charge in [-0.1, -0.05) is 34.1 Å². The lowest BCUT2D eigenvalue weighted by molar-refractivity contribution is 0.0600. The summed E-state index contributed by atoms with van der Waals surface area (Å²) in [6.07, 6.45) is 0. The third-order valence-corrected chi connectivity index (χ3v) is 6.74. The first kappa shape index (κ1) is 26.2. The number of amides is 2. The maximum Gasteiger partial charge on any atom is 0.337 e. The van der Waals surface area contributed by atoms with Gasteiger partial charge >= 0.3 is 5.97 Å². The molecule has 1 aliphatic rings. The summed E-state index contributed by atoms with van der Waals surface area (Å²) in [6.45, 7) is 4.05. The van der Waals surface area contributed by atoms with Crippen molar-refractivity contribution in [1.29, 1.82) is 0 Å². The molecule has 3 aromatic carbocycles. The first-order chi connectivity index (χ1) is 17.8. The molecular weight excluding hydrogens is 538 g/mol. The van der Waals surface area contributed by atoms with Gasteiger partial charge in [0.1, 0.15) is 5.75 Å². The molecule has 2 amide bonds. The lowest BCUT2D eigenvalue weighted by Gasteiger charge is -2.37. The number of hydrogen-bond acceptors (Lipinski definition) is 6. The highest BCUT2D eigenvalue weighted by Gasteiger charge is 2.25. The van der Waals surface area contributed by atoms with Gasteiger partial charge in [-0.3, -0.25) is 9.59 Å². The molecule has 0 unspecified atom stereocenters. The van der Waals surface area contributed by atoms with Crippen molar-refractivity contribution < 1.29 is 23.9 Å². The van der Waals surface area contributed by atoms with E-state index in [1.54, 1.807) is 24.3 Å². The minimum atomic E-state index is -0.504. The van der Waals surface area contributed by atoms with Gasteiger partial charge in [-0.05, 0) is 55.0 Å². The van der Waals surface area contributed by atoms with E-state index >= 15 is 0 Å². The van der Waals surface area contributed by atoms with Crippen LogP contribution in [0.1, 0.15) is 36.6 Å². The van der Waals surface area contributed by atoms with E-state index in [-0.39, 0.29) is 11.8 Å². The molecule has 192 valence electrons. The third-order valence-electron chi connectivity index (χ3n) is 6.28. The van der Waals surface area contributed by atoms with Crippen molar-refractivity contribution in [3.63, 3.8) is 0 Å². The average molecular weight is 566 g/mol. The van der Waals surface area contributed by atoms with Gasteiger partial charge in [0.2, 0.25) is 0 Å². The van der Waals surface area contributed by atoms with Crippen molar-refractivity contribution in [2.75, 3.05) is 50.6 Å². The Hall–Kier alpha value is -3.85. The van der Waals surface area contributed by atoms with Crippen LogP contribution < -0.4 is 15.0 Å². The van der Waals surface area contributed by atoms with Gasteiger partial charge in [-0.25, -0.2) is 4.79 Å². The van der Waals surface area contributed by atoms with Crippen molar-refractivity contribution in [2.24, 2.45) is 0 Å². The number of piperazine rings is 1. The van der Waals surface area contributed by atoms with Crippen LogP contribution in [-0.2, 0) is 4.74 Å². The summed E-state index contributed by atoms with van der Waals surface area (Å²) in [7, 11) is 2.83. The van der Waals surface area contributed by atoms with E-state index in [9.17, 15) is 14.4 Å². The number of methoxy groups -OCH3 is 2. The summed E-state index contributed by atoms with van der Waals surface area (Å²) in [5.74, 6) is -0.412. The maximum atomic E-state index is 13.4. The number of esters is 1. The molecule has 8 nitrogen and oxygen atoms in total. The molecule has 4 rings (SSSR count). The van der Waals surface area contributed by atoms with Crippen LogP contribution >= 0.6 is 15.9 Å². The standard InChI is InChI=1S/C28H28BrN3O5/c1-18-15-21(29)17-22(25(18)36-2)26(33)30-23-16-20(28(35)37-3)9-10-24(23)31-11-13-32(14-12-31)27(34)19-7-5-4-6-8-19/h4-10,15-17H,11-14H2,1-3H3,(H,30,33). The molecule has 0 saturated carbocycles. The van der Waals surface area contributed by atoms with E-state index in [1.807, 2.05) is 48.2 Å². The van der Waals surface area contributed by atoms with Gasteiger partial charge in [0, 0.05) is 36.2 Å². The predicted octanol–water partition coefficient (Wildman–Crippen LogP) is 4.77. The van der Waals surface area contributed by atoms with E-state index in [0.29, 0.717) is 54.3 Å². The number of halogens is 1. The average Bonchev–Trinajstić information content (AvgIpc) is 2.92. The Labute approximate surface area is 224 Å². The lowest BCUT2D eigenvalue weighted by atomic mass is 10.1. The number of aryl methyl sites for hydroxylation is 1. The molecule has 1 fully saturated rings. The van der Waals surface area contributed by atoms with Crippen molar-refractivity contribution in [1.82, 2.24) is 4.90 Å². The largest absolute Gasteiger partial charge is 0.496 e. The molecule has 1 heterocycles. The number of carbonyl (C=O) groups is 3. The van der Waals surface area contributed by atoms with Crippen LogP contribution in [0.25, 0.3) is 0 Å². The van der Waals surface area contributed by atoms with Crippen LogP contribution in [0.4, 0.5) is 11.4 Å². The number of rotatable bonds is 6. The number of hydrogen-bond donors (Lipinski definition) is 1. The summed E-state index contributed by atoms with van der Waals surface area (Å²) < 4.78 is 11.1. The van der Waals surface area contributed by atoms with Crippen LogP contribution in [0.15, 0.2) is 65.1 Å². The normalized spacial score (nSPS) is 13.2. The minimum Gasteiger partial charge on any atom is -0.496 e. The first-order valence-electron chi connectivity index (χ1n) is 11.8. The van der Waals surface area contributed by atoms with E-state index in [1.165, 1.54) is 14.2 Å². The Kier molecular flexibility index (Phi) is 8.13. The fraction of sp³-hybridized carbons (Fsp3) is 0.250. The molecule has 0 spiro atoms. The highest BCUT2D eigenvalue weighted by molar-refractivity contribution is 9.10. The zero-order valence-corrected chi connectivity index (χ0v) is 22.5. The van der Waals surface area contributed by atoms with E-state index in [2.05, 4.69) is 26.1 Å². The van der Waals surface area contributed by atoms with Crippen LogP contribution in [0.3, 0.4) is 0 Å². The van der Waals surface area contributed by atoms with E-state index < -0.39 is 5.97 Å². The Bertz CT molecular complexity index is 1320. The van der Waals surface area contributed by atoms with Crippen molar-refractivity contribution in [2.45, 2.75) is 6.92 Å². The number of nitrogens with one attached hydrogen (secondary N) is 1. The van der Waals surface area contributed by atoms with Crippen LogP contribution in [0, 0.1) is 6.92 Å². The van der Waals surface area contributed by atoms with Gasteiger partial charge < -0.3 is 24.6 Å². The summed E-state index contributed by atoms with van der Waals surface area (Å²) in [5, 5.41) is 2.96. The number of carbonyl (C=O) groups excluding carboxylic acids is 3. The molecule has 1 aliphatic heterocycles. The highest BCUT2D eigenvalue weighted by Crippen LogP contribution is 2.32. The van der Waals surface area contributed by atoms with Crippen molar-refractivity contribution in [3.05, 3.63) is 87.4 Å². The van der Waals surface area contributed by atoms with E-state index in [0.717, 1.165) is 15.7 Å². The predicted molar refractivity (Wildman–Crippen MR) is 146 cm³/mol. The van der Waals surface area contributed by atoms with Gasteiger partial charge in [0.15, 0.2) is 0 Å². The van der Waals surface area contributed by atoms with Crippen LogP contribution in [0.2, 0.25) is 0 Å². The molecule has 1 saturated heterocycles. The van der Waals surface area contributed by atoms with Gasteiger partial charge in [-0.2, -0.15) is 0 Å². The smallest absolute Gasteiger partial charge is 0.337 e. The van der Waals surface area contributed by atoms with Crippen LogP contribution in [-0.4, -0.2) is 63.1 Å². The second-order valence-electron chi connectivity index (χ2n) is 8.63. The second-order valence-corrected chi connectivity index (χ2v) is 9.54. The molecular formula is C28H28BrN3O5. The number of benzene rings is 3. The Morgan fingerprint density at radius 1 is 0.892 bits per heavy atom. The highest BCUT2D eigenvalue weighted by atomic mass is 79.9.